The number of hydrogen-bond donors (Lipinski definition) is 3. The molecule has 3 aromatic rings. The zero-order valence-corrected chi connectivity index (χ0v) is 21.8. The fourth-order valence-corrected chi connectivity index (χ4v) is 6.23. The fourth-order valence-electron chi connectivity index (χ4n) is 4.34. The Bertz CT molecular complexity index is 1200. The first-order valence-corrected chi connectivity index (χ1v) is 13.1. The zero-order valence-electron chi connectivity index (χ0n) is 20.2. The maximum absolute atomic E-state index is 13.4. The van der Waals surface area contributed by atoms with Gasteiger partial charge in [-0.3, -0.25) is 4.79 Å². The monoisotopic (exact) mass is 514 g/mol. The molecule has 35 heavy (non-hydrogen) atoms. The van der Waals surface area contributed by atoms with E-state index in [0.717, 1.165) is 26.7 Å². The first kappa shape index (κ1) is 25.3. The number of aryl methyl sites for hydroxylation is 1. The van der Waals surface area contributed by atoms with Crippen molar-refractivity contribution in [1.82, 2.24) is 20.2 Å². The summed E-state index contributed by atoms with van der Waals surface area (Å²) in [4.78, 5) is 37.4. The Morgan fingerprint density at radius 1 is 1.23 bits per heavy atom. The number of thiazole rings is 2. The molecule has 3 atom stereocenters. The summed E-state index contributed by atoms with van der Waals surface area (Å²) >= 11 is 3.16. The van der Waals surface area contributed by atoms with E-state index in [4.69, 9.17) is 0 Å². The number of hydrogen-bond acceptors (Lipinski definition) is 7. The third-order valence-corrected chi connectivity index (χ3v) is 8.22. The second kappa shape index (κ2) is 10.0. The minimum absolute atomic E-state index is 0.157. The van der Waals surface area contributed by atoms with Crippen molar-refractivity contribution in [3.05, 3.63) is 57.1 Å². The smallest absolute Gasteiger partial charge is 0.405 e. The Hall–Kier alpha value is -2.82. The quantitative estimate of drug-likeness (QED) is 0.447. The minimum atomic E-state index is -1.25. The maximum atomic E-state index is 13.4. The first-order valence-electron chi connectivity index (χ1n) is 11.4. The minimum Gasteiger partial charge on any atom is -0.465 e. The Morgan fingerprint density at radius 3 is 2.54 bits per heavy atom. The number of carbonyl (C=O) groups is 2. The summed E-state index contributed by atoms with van der Waals surface area (Å²) in [5.41, 5.74) is 4.57. The van der Waals surface area contributed by atoms with E-state index in [-0.39, 0.29) is 18.5 Å². The van der Waals surface area contributed by atoms with Gasteiger partial charge < -0.3 is 20.4 Å². The van der Waals surface area contributed by atoms with Gasteiger partial charge in [0.1, 0.15) is 11.0 Å². The first-order chi connectivity index (χ1) is 16.5. The second-order valence-electron chi connectivity index (χ2n) is 9.95. The van der Waals surface area contributed by atoms with Gasteiger partial charge in [0.2, 0.25) is 5.91 Å². The van der Waals surface area contributed by atoms with Gasteiger partial charge in [-0.2, -0.15) is 0 Å². The van der Waals surface area contributed by atoms with Gasteiger partial charge in [-0.05, 0) is 23.5 Å². The molecule has 1 aromatic carbocycles. The lowest BCUT2D eigenvalue weighted by molar-refractivity contribution is -0.137. The van der Waals surface area contributed by atoms with E-state index in [1.54, 1.807) is 16.2 Å². The van der Waals surface area contributed by atoms with E-state index in [0.29, 0.717) is 12.8 Å². The topological polar surface area (TPSA) is 116 Å². The van der Waals surface area contributed by atoms with Crippen molar-refractivity contribution in [2.24, 2.45) is 5.41 Å². The van der Waals surface area contributed by atoms with E-state index < -0.39 is 23.7 Å². The predicted octanol–water partition coefficient (Wildman–Crippen LogP) is 4.48. The number of rotatable bonds is 6. The lowest BCUT2D eigenvalue weighted by Crippen LogP contribution is -2.54. The average Bonchev–Trinajstić information content (AvgIpc) is 3.51. The SMILES string of the molecule is Cc1ncsc1-c1ccc(Cc2cnc([C@@H]3C[C@@H](O)CN3C(=O)[C@@H](NC(=O)O)C(C)(C)C)s2)cc1. The molecular formula is C25H30N4O4S2. The third-order valence-electron chi connectivity index (χ3n) is 6.14. The fraction of sp³-hybridized carbons (Fsp3) is 0.440. The Kier molecular flexibility index (Phi) is 7.25. The van der Waals surface area contributed by atoms with Gasteiger partial charge in [-0.15, -0.1) is 22.7 Å². The third kappa shape index (κ3) is 5.71. The Morgan fingerprint density at radius 2 is 1.94 bits per heavy atom. The molecule has 1 aliphatic heterocycles. The van der Waals surface area contributed by atoms with Gasteiger partial charge in [-0.25, -0.2) is 14.8 Å². The number of nitrogens with one attached hydrogen (secondary N) is 1. The molecule has 0 unspecified atom stereocenters. The van der Waals surface area contributed by atoms with Gasteiger partial charge in [0.15, 0.2) is 0 Å². The number of aromatic nitrogens is 2. The number of aliphatic hydroxyl groups is 1. The summed E-state index contributed by atoms with van der Waals surface area (Å²) in [6.07, 6.45) is 0.998. The molecule has 2 amide bonds. The van der Waals surface area contributed by atoms with Crippen molar-refractivity contribution in [2.75, 3.05) is 6.54 Å². The molecule has 2 aromatic heterocycles. The highest BCUT2D eigenvalue weighted by Crippen LogP contribution is 2.37. The number of nitrogens with zero attached hydrogens (tertiary/aromatic N) is 3. The molecule has 1 saturated heterocycles. The van der Waals surface area contributed by atoms with Crippen LogP contribution >= 0.6 is 22.7 Å². The van der Waals surface area contributed by atoms with Crippen molar-refractivity contribution in [3.63, 3.8) is 0 Å². The normalized spacial score (nSPS) is 19.1. The molecule has 1 fully saturated rings. The summed E-state index contributed by atoms with van der Waals surface area (Å²) in [6, 6.07) is 7.12. The predicted molar refractivity (Wildman–Crippen MR) is 137 cm³/mol. The molecule has 0 spiro atoms. The molecule has 8 nitrogen and oxygen atoms in total. The van der Waals surface area contributed by atoms with Crippen molar-refractivity contribution in [1.29, 1.82) is 0 Å². The second-order valence-corrected chi connectivity index (χ2v) is 12.0. The van der Waals surface area contributed by atoms with Crippen LogP contribution in [0.15, 0.2) is 36.0 Å². The standard InChI is InChI=1S/C25H30N4O4S2/c1-14-20(34-13-27-14)16-7-5-15(6-8-16)9-18-11-26-22(35-18)19-10-17(30)12-29(19)23(31)21(25(2,3)4)28-24(32)33/h5-8,11,13,17,19,21,28,30H,9-10,12H2,1-4H3,(H,32,33)/t17-,19+,21-/m1/s1. The zero-order chi connectivity index (χ0) is 25.3. The van der Waals surface area contributed by atoms with Crippen LogP contribution < -0.4 is 5.32 Å². The van der Waals surface area contributed by atoms with E-state index in [2.05, 4.69) is 39.6 Å². The molecule has 10 heteroatoms. The van der Waals surface area contributed by atoms with Crippen LogP contribution in [0, 0.1) is 12.3 Å². The lowest BCUT2D eigenvalue weighted by atomic mass is 9.85. The number of likely N-dealkylation sites (tertiary alicyclic amines) is 1. The number of aliphatic hydroxyl groups excluding tert-OH is 1. The lowest BCUT2D eigenvalue weighted by Gasteiger charge is -2.34. The van der Waals surface area contributed by atoms with Crippen LogP contribution in [0.4, 0.5) is 4.79 Å². The summed E-state index contributed by atoms with van der Waals surface area (Å²) < 4.78 is 0. The molecule has 0 radical (unpaired) electrons. The molecule has 0 aliphatic carbocycles. The molecule has 1 aliphatic rings. The van der Waals surface area contributed by atoms with Gasteiger partial charge in [0, 0.05) is 30.5 Å². The molecule has 186 valence electrons. The molecular weight excluding hydrogens is 484 g/mol. The Labute approximate surface area is 212 Å². The summed E-state index contributed by atoms with van der Waals surface area (Å²) in [5.74, 6) is -0.341. The number of carboxylic acid groups (broad SMARTS) is 1. The number of β-amino-alcohol motifs (C(OH)–C–C–N with tert-alkyl or cyclic N) is 1. The van der Waals surface area contributed by atoms with E-state index >= 15 is 0 Å². The van der Waals surface area contributed by atoms with Crippen LogP contribution in [-0.2, 0) is 11.2 Å². The summed E-state index contributed by atoms with van der Waals surface area (Å²) in [5, 5.41) is 22.7. The van der Waals surface area contributed by atoms with Crippen LogP contribution in [0.1, 0.15) is 54.4 Å². The van der Waals surface area contributed by atoms with Gasteiger partial charge in [0.25, 0.3) is 0 Å². The highest BCUT2D eigenvalue weighted by Gasteiger charge is 2.43. The van der Waals surface area contributed by atoms with Crippen LogP contribution in [-0.4, -0.2) is 55.8 Å². The Balaban J connectivity index is 1.50. The molecule has 3 heterocycles. The highest BCUT2D eigenvalue weighted by atomic mass is 32.1. The molecule has 3 N–H and O–H groups in total. The van der Waals surface area contributed by atoms with Gasteiger partial charge in [-0.1, -0.05) is 45.0 Å². The van der Waals surface area contributed by atoms with Crippen molar-refractivity contribution in [2.45, 2.75) is 58.7 Å². The average molecular weight is 515 g/mol. The largest absolute Gasteiger partial charge is 0.465 e. The number of benzene rings is 1. The molecule has 4 rings (SSSR count). The van der Waals surface area contributed by atoms with E-state index in [9.17, 15) is 19.8 Å². The van der Waals surface area contributed by atoms with Crippen LogP contribution in [0.5, 0.6) is 0 Å². The molecule has 0 saturated carbocycles. The van der Waals surface area contributed by atoms with Gasteiger partial charge in [0.05, 0.1) is 28.2 Å². The number of carbonyl (C=O) groups excluding carboxylic acids is 1. The van der Waals surface area contributed by atoms with Gasteiger partial charge >= 0.3 is 6.09 Å². The summed E-state index contributed by atoms with van der Waals surface area (Å²) in [6.45, 7) is 7.61. The number of amides is 2. The van der Waals surface area contributed by atoms with Crippen molar-refractivity contribution in [3.8, 4) is 10.4 Å². The maximum Gasteiger partial charge on any atom is 0.405 e. The summed E-state index contributed by atoms with van der Waals surface area (Å²) in [7, 11) is 0. The van der Waals surface area contributed by atoms with Crippen molar-refractivity contribution < 1.29 is 19.8 Å². The molecule has 0 bridgehead atoms. The van der Waals surface area contributed by atoms with Crippen LogP contribution in [0.3, 0.4) is 0 Å². The highest BCUT2D eigenvalue weighted by molar-refractivity contribution is 7.13. The van der Waals surface area contributed by atoms with Crippen molar-refractivity contribution >= 4 is 34.7 Å². The van der Waals surface area contributed by atoms with Crippen LogP contribution in [0.2, 0.25) is 0 Å². The van der Waals surface area contributed by atoms with E-state index in [1.165, 1.54) is 16.2 Å². The van der Waals surface area contributed by atoms with E-state index in [1.807, 2.05) is 39.4 Å². The van der Waals surface area contributed by atoms with Crippen LogP contribution in [0.25, 0.3) is 10.4 Å².